The fourth-order valence-corrected chi connectivity index (χ4v) is 3.05. The van der Waals surface area contributed by atoms with Crippen molar-refractivity contribution in [3.8, 4) is 16.9 Å². The Morgan fingerprint density at radius 3 is 2.57 bits per heavy atom. The minimum absolute atomic E-state index is 0.0130. The first kappa shape index (κ1) is 14.1. The molecule has 0 unspecified atom stereocenters. The molecule has 2 nitrogen and oxygen atoms in total. The summed E-state index contributed by atoms with van der Waals surface area (Å²) in [4.78, 5) is 2.48. The molecule has 1 saturated heterocycles. The second kappa shape index (κ2) is 5.86. The van der Waals surface area contributed by atoms with Crippen LogP contribution in [0.2, 0.25) is 0 Å². The number of likely N-dealkylation sites (tertiary alicyclic amines) is 1. The molecule has 0 amide bonds. The van der Waals surface area contributed by atoms with Crippen molar-refractivity contribution in [2.45, 2.75) is 25.8 Å². The summed E-state index contributed by atoms with van der Waals surface area (Å²) in [5, 5.41) is 9.94. The zero-order valence-electron chi connectivity index (χ0n) is 12.2. The number of aromatic hydroxyl groups is 1. The van der Waals surface area contributed by atoms with Gasteiger partial charge in [-0.25, -0.2) is 4.39 Å². The standard InChI is InChI=1S/C18H20FNO/c1-13(20-9-2-3-10-20)14-5-4-6-15(11-14)17-8-7-16(19)12-18(17)21/h4-8,11-13,21H,2-3,9-10H2,1H3/t13-/m1/s1. The van der Waals surface area contributed by atoms with Gasteiger partial charge in [-0.1, -0.05) is 18.2 Å². The Hall–Kier alpha value is -1.87. The van der Waals surface area contributed by atoms with Gasteiger partial charge in [0.1, 0.15) is 11.6 Å². The quantitative estimate of drug-likeness (QED) is 0.906. The molecule has 0 saturated carbocycles. The van der Waals surface area contributed by atoms with Gasteiger partial charge in [0, 0.05) is 17.7 Å². The monoisotopic (exact) mass is 285 g/mol. The third-order valence-corrected chi connectivity index (χ3v) is 4.33. The molecule has 0 bridgehead atoms. The summed E-state index contributed by atoms with van der Waals surface area (Å²) in [6, 6.07) is 12.7. The zero-order valence-corrected chi connectivity index (χ0v) is 12.2. The van der Waals surface area contributed by atoms with Crippen molar-refractivity contribution in [3.63, 3.8) is 0 Å². The Kier molecular flexibility index (Phi) is 3.93. The third kappa shape index (κ3) is 2.93. The maximum Gasteiger partial charge on any atom is 0.126 e. The SMILES string of the molecule is C[C@H](c1cccc(-c2ccc(F)cc2O)c1)N1CCCC1. The van der Waals surface area contributed by atoms with Gasteiger partial charge in [-0.05, 0) is 62.2 Å². The summed E-state index contributed by atoms with van der Waals surface area (Å²) >= 11 is 0. The minimum atomic E-state index is -0.419. The van der Waals surface area contributed by atoms with Crippen LogP contribution in [0.25, 0.3) is 11.1 Å². The van der Waals surface area contributed by atoms with Crippen molar-refractivity contribution in [3.05, 3.63) is 53.8 Å². The molecular weight excluding hydrogens is 265 g/mol. The lowest BCUT2D eigenvalue weighted by Gasteiger charge is -2.24. The molecule has 1 aliphatic rings. The molecule has 1 heterocycles. The summed E-state index contributed by atoms with van der Waals surface area (Å²) in [6.45, 7) is 4.51. The number of phenols is 1. The molecule has 0 radical (unpaired) electrons. The maximum absolute atomic E-state index is 13.1. The lowest BCUT2D eigenvalue weighted by atomic mass is 9.99. The predicted molar refractivity (Wildman–Crippen MR) is 82.7 cm³/mol. The Bertz CT molecular complexity index is 635. The van der Waals surface area contributed by atoms with Crippen LogP contribution in [-0.2, 0) is 0 Å². The highest BCUT2D eigenvalue weighted by atomic mass is 19.1. The van der Waals surface area contributed by atoms with Gasteiger partial charge in [0.15, 0.2) is 0 Å². The molecule has 3 heteroatoms. The molecule has 0 aliphatic carbocycles. The summed E-state index contributed by atoms with van der Waals surface area (Å²) in [6.07, 6.45) is 2.53. The van der Waals surface area contributed by atoms with Gasteiger partial charge in [-0.15, -0.1) is 0 Å². The molecule has 110 valence electrons. The molecule has 0 spiro atoms. The van der Waals surface area contributed by atoms with Crippen molar-refractivity contribution < 1.29 is 9.50 Å². The average molecular weight is 285 g/mol. The van der Waals surface area contributed by atoms with Gasteiger partial charge in [0.2, 0.25) is 0 Å². The van der Waals surface area contributed by atoms with Crippen LogP contribution >= 0.6 is 0 Å². The van der Waals surface area contributed by atoms with Gasteiger partial charge >= 0.3 is 0 Å². The van der Waals surface area contributed by atoms with E-state index in [0.717, 1.165) is 24.7 Å². The molecule has 21 heavy (non-hydrogen) atoms. The summed E-state index contributed by atoms with van der Waals surface area (Å²) in [5.41, 5.74) is 2.83. The van der Waals surface area contributed by atoms with E-state index in [1.165, 1.54) is 24.5 Å². The van der Waals surface area contributed by atoms with E-state index < -0.39 is 5.82 Å². The second-order valence-corrected chi connectivity index (χ2v) is 5.71. The van der Waals surface area contributed by atoms with E-state index in [-0.39, 0.29) is 5.75 Å². The highest BCUT2D eigenvalue weighted by molar-refractivity contribution is 5.70. The van der Waals surface area contributed by atoms with Crippen molar-refractivity contribution in [1.29, 1.82) is 0 Å². The molecule has 3 rings (SSSR count). The fourth-order valence-electron chi connectivity index (χ4n) is 3.05. The van der Waals surface area contributed by atoms with Gasteiger partial charge in [-0.3, -0.25) is 4.90 Å². The van der Waals surface area contributed by atoms with Crippen LogP contribution in [0.5, 0.6) is 5.75 Å². The van der Waals surface area contributed by atoms with Crippen LogP contribution in [-0.4, -0.2) is 23.1 Å². The number of hydrogen-bond acceptors (Lipinski definition) is 2. The smallest absolute Gasteiger partial charge is 0.126 e. The summed E-state index contributed by atoms with van der Waals surface area (Å²) < 4.78 is 13.1. The van der Waals surface area contributed by atoms with Crippen LogP contribution in [0, 0.1) is 5.82 Å². The van der Waals surface area contributed by atoms with E-state index in [9.17, 15) is 9.50 Å². The first-order chi connectivity index (χ1) is 10.1. The third-order valence-electron chi connectivity index (χ3n) is 4.33. The highest BCUT2D eigenvalue weighted by Crippen LogP contribution is 2.32. The van der Waals surface area contributed by atoms with Gasteiger partial charge < -0.3 is 5.11 Å². The number of benzene rings is 2. The number of nitrogens with zero attached hydrogens (tertiary/aromatic N) is 1. The Balaban J connectivity index is 1.92. The van der Waals surface area contributed by atoms with Gasteiger partial charge in [0.25, 0.3) is 0 Å². The van der Waals surface area contributed by atoms with E-state index in [0.29, 0.717) is 11.6 Å². The molecule has 2 aromatic rings. The second-order valence-electron chi connectivity index (χ2n) is 5.71. The van der Waals surface area contributed by atoms with Gasteiger partial charge in [0.05, 0.1) is 0 Å². The lowest BCUT2D eigenvalue weighted by Crippen LogP contribution is -2.23. The van der Waals surface area contributed by atoms with E-state index in [1.807, 2.05) is 12.1 Å². The molecule has 2 aromatic carbocycles. The van der Waals surface area contributed by atoms with Crippen molar-refractivity contribution >= 4 is 0 Å². The lowest BCUT2D eigenvalue weighted by molar-refractivity contribution is 0.263. The number of phenolic OH excluding ortho intramolecular Hbond substituents is 1. The normalized spacial score (nSPS) is 17.0. The fraction of sp³-hybridized carbons (Fsp3) is 0.333. The highest BCUT2D eigenvalue weighted by Gasteiger charge is 2.19. The van der Waals surface area contributed by atoms with Crippen LogP contribution in [0.4, 0.5) is 4.39 Å². The summed E-state index contributed by atoms with van der Waals surface area (Å²) in [5.74, 6) is -0.432. The molecule has 1 fully saturated rings. The van der Waals surface area contributed by atoms with E-state index >= 15 is 0 Å². The largest absolute Gasteiger partial charge is 0.507 e. The molecule has 1 atom stereocenters. The number of halogens is 1. The Labute approximate surface area is 124 Å². The van der Waals surface area contributed by atoms with E-state index in [2.05, 4.69) is 24.0 Å². The van der Waals surface area contributed by atoms with Crippen molar-refractivity contribution in [2.24, 2.45) is 0 Å². The molecule has 1 aliphatic heterocycles. The van der Waals surface area contributed by atoms with Crippen molar-refractivity contribution in [1.82, 2.24) is 4.90 Å². The Morgan fingerprint density at radius 1 is 1.10 bits per heavy atom. The maximum atomic E-state index is 13.1. The topological polar surface area (TPSA) is 23.5 Å². The van der Waals surface area contributed by atoms with Gasteiger partial charge in [-0.2, -0.15) is 0 Å². The molecule has 0 aromatic heterocycles. The first-order valence-electron chi connectivity index (χ1n) is 7.48. The van der Waals surface area contributed by atoms with Crippen LogP contribution in [0.1, 0.15) is 31.4 Å². The first-order valence-corrected chi connectivity index (χ1v) is 7.48. The van der Waals surface area contributed by atoms with Crippen LogP contribution < -0.4 is 0 Å². The zero-order chi connectivity index (χ0) is 14.8. The summed E-state index contributed by atoms with van der Waals surface area (Å²) in [7, 11) is 0. The minimum Gasteiger partial charge on any atom is -0.507 e. The predicted octanol–water partition coefficient (Wildman–Crippen LogP) is 4.36. The van der Waals surface area contributed by atoms with Crippen LogP contribution in [0.15, 0.2) is 42.5 Å². The number of hydrogen-bond donors (Lipinski definition) is 1. The molecule has 1 N–H and O–H groups in total. The van der Waals surface area contributed by atoms with Crippen molar-refractivity contribution in [2.75, 3.05) is 13.1 Å². The average Bonchev–Trinajstić information content (AvgIpc) is 3.01. The van der Waals surface area contributed by atoms with E-state index in [1.54, 1.807) is 6.07 Å². The number of rotatable bonds is 3. The van der Waals surface area contributed by atoms with Crippen LogP contribution in [0.3, 0.4) is 0 Å². The molecular formula is C18H20FNO. The van der Waals surface area contributed by atoms with E-state index in [4.69, 9.17) is 0 Å². The Morgan fingerprint density at radius 2 is 1.86 bits per heavy atom.